The highest BCUT2D eigenvalue weighted by atomic mass is 16.5. The first-order chi connectivity index (χ1) is 11.1. The summed E-state index contributed by atoms with van der Waals surface area (Å²) in [5, 5.41) is 19.5. The lowest BCUT2D eigenvalue weighted by Gasteiger charge is -2.35. The van der Waals surface area contributed by atoms with Crippen LogP contribution in [-0.4, -0.2) is 66.6 Å². The van der Waals surface area contributed by atoms with E-state index in [0.29, 0.717) is 17.9 Å². The zero-order valence-corrected chi connectivity index (χ0v) is 13.5. The van der Waals surface area contributed by atoms with Crippen molar-refractivity contribution in [3.05, 3.63) is 29.8 Å². The molecule has 2 N–H and O–H groups in total. The molecule has 0 unspecified atom stereocenters. The van der Waals surface area contributed by atoms with E-state index in [2.05, 4.69) is 9.64 Å². The number of aliphatic hydroxyl groups excluding tert-OH is 2. The number of esters is 1. The summed E-state index contributed by atoms with van der Waals surface area (Å²) >= 11 is 0. The van der Waals surface area contributed by atoms with Gasteiger partial charge in [-0.25, -0.2) is 4.79 Å². The van der Waals surface area contributed by atoms with Gasteiger partial charge in [-0.1, -0.05) is 6.42 Å². The van der Waals surface area contributed by atoms with Crippen molar-refractivity contribution >= 4 is 5.97 Å². The molecule has 0 bridgehead atoms. The van der Waals surface area contributed by atoms with Gasteiger partial charge < -0.3 is 19.7 Å². The Balaban J connectivity index is 1.79. The Labute approximate surface area is 136 Å². The number of β-amino-alcohol motifs (C(OH)–C–C–N with tert-alkyl or cyclic N) is 1. The minimum Gasteiger partial charge on any atom is -0.491 e. The highest BCUT2D eigenvalue weighted by Gasteiger charge is 2.23. The molecule has 1 aliphatic heterocycles. The van der Waals surface area contributed by atoms with E-state index in [4.69, 9.17) is 4.74 Å². The van der Waals surface area contributed by atoms with E-state index in [1.165, 1.54) is 7.11 Å². The minimum absolute atomic E-state index is 0.128. The lowest BCUT2D eigenvalue weighted by Crippen LogP contribution is -2.46. The van der Waals surface area contributed by atoms with E-state index in [1.54, 1.807) is 24.3 Å². The van der Waals surface area contributed by atoms with Crippen molar-refractivity contribution < 1.29 is 24.5 Å². The first kappa shape index (κ1) is 17.7. The van der Waals surface area contributed by atoms with Gasteiger partial charge in [-0.15, -0.1) is 0 Å². The molecule has 2 atom stereocenters. The second-order valence-corrected chi connectivity index (χ2v) is 5.81. The summed E-state index contributed by atoms with van der Waals surface area (Å²) in [5.41, 5.74) is 0.458. The van der Waals surface area contributed by atoms with Crippen LogP contribution in [0, 0.1) is 0 Å². The summed E-state index contributed by atoms with van der Waals surface area (Å²) in [6.07, 6.45) is 2.57. The molecule has 1 aromatic rings. The second-order valence-electron chi connectivity index (χ2n) is 5.81. The van der Waals surface area contributed by atoms with E-state index in [1.807, 2.05) is 0 Å². The zero-order valence-electron chi connectivity index (χ0n) is 13.5. The van der Waals surface area contributed by atoms with Gasteiger partial charge in [0.2, 0.25) is 0 Å². The van der Waals surface area contributed by atoms with E-state index >= 15 is 0 Å². The quantitative estimate of drug-likeness (QED) is 0.731. The van der Waals surface area contributed by atoms with Crippen LogP contribution in [0.5, 0.6) is 5.75 Å². The molecule has 1 aliphatic rings. The van der Waals surface area contributed by atoms with Crippen LogP contribution in [0.25, 0.3) is 0 Å². The second kappa shape index (κ2) is 8.86. The van der Waals surface area contributed by atoms with Crippen LogP contribution in [-0.2, 0) is 4.74 Å². The molecule has 1 saturated heterocycles. The minimum atomic E-state index is -0.623. The predicted octanol–water partition coefficient (Wildman–Crippen LogP) is 1.06. The van der Waals surface area contributed by atoms with Crippen LogP contribution in [0.2, 0.25) is 0 Å². The average Bonchev–Trinajstić information content (AvgIpc) is 2.60. The van der Waals surface area contributed by atoms with Gasteiger partial charge in [0.25, 0.3) is 0 Å². The molecule has 1 aromatic carbocycles. The molecule has 0 aliphatic carbocycles. The molecule has 0 amide bonds. The topological polar surface area (TPSA) is 79.2 Å². The molecule has 128 valence electrons. The predicted molar refractivity (Wildman–Crippen MR) is 85.6 cm³/mol. The molecule has 2 rings (SSSR count). The maximum absolute atomic E-state index is 11.3. The first-order valence-corrected chi connectivity index (χ1v) is 7.98. The Kier molecular flexibility index (Phi) is 6.83. The van der Waals surface area contributed by atoms with Crippen LogP contribution in [0.1, 0.15) is 29.6 Å². The van der Waals surface area contributed by atoms with Crippen molar-refractivity contribution in [3.8, 4) is 5.75 Å². The molecule has 0 aromatic heterocycles. The highest BCUT2D eigenvalue weighted by Crippen LogP contribution is 2.17. The fraction of sp³-hybridized carbons (Fsp3) is 0.588. The standard InChI is InChI=1S/C17H25NO5/c1-22-17(21)13-5-7-16(8-6-13)23-12-15(20)10-18-9-3-2-4-14(18)11-19/h5-8,14-15,19-20H,2-4,9-12H2,1H3/t14-,15+/m0/s1. The van der Waals surface area contributed by atoms with Gasteiger partial charge in [-0.2, -0.15) is 0 Å². The Morgan fingerprint density at radius 2 is 2.09 bits per heavy atom. The summed E-state index contributed by atoms with van der Waals surface area (Å²) in [4.78, 5) is 13.5. The van der Waals surface area contributed by atoms with Crippen molar-refractivity contribution in [2.75, 3.05) is 33.4 Å². The number of carbonyl (C=O) groups excluding carboxylic acids is 1. The first-order valence-electron chi connectivity index (χ1n) is 7.98. The van der Waals surface area contributed by atoms with Crippen molar-refractivity contribution in [3.63, 3.8) is 0 Å². The largest absolute Gasteiger partial charge is 0.491 e. The van der Waals surface area contributed by atoms with Gasteiger partial charge in [0.15, 0.2) is 0 Å². The summed E-state index contributed by atoms with van der Waals surface area (Å²) in [6.45, 7) is 1.69. The molecule has 6 heteroatoms. The smallest absolute Gasteiger partial charge is 0.337 e. The van der Waals surface area contributed by atoms with Crippen LogP contribution >= 0.6 is 0 Å². The Hall–Kier alpha value is -1.63. The molecular weight excluding hydrogens is 298 g/mol. The van der Waals surface area contributed by atoms with Crippen LogP contribution in [0.3, 0.4) is 0 Å². The number of piperidine rings is 1. The summed E-state index contributed by atoms with van der Waals surface area (Å²) in [6, 6.07) is 6.74. The maximum atomic E-state index is 11.3. The third kappa shape index (κ3) is 5.20. The highest BCUT2D eigenvalue weighted by molar-refractivity contribution is 5.89. The number of hydrogen-bond donors (Lipinski definition) is 2. The SMILES string of the molecule is COC(=O)c1ccc(OC[C@H](O)CN2CCCC[C@H]2CO)cc1. The van der Waals surface area contributed by atoms with E-state index in [0.717, 1.165) is 25.8 Å². The number of carbonyl (C=O) groups is 1. The molecular formula is C17H25NO5. The number of methoxy groups -OCH3 is 1. The maximum Gasteiger partial charge on any atom is 0.337 e. The lowest BCUT2D eigenvalue weighted by molar-refractivity contribution is 0.0232. The van der Waals surface area contributed by atoms with Crippen molar-refractivity contribution in [2.45, 2.75) is 31.4 Å². The van der Waals surface area contributed by atoms with Crippen LogP contribution in [0.15, 0.2) is 24.3 Å². The fourth-order valence-electron chi connectivity index (χ4n) is 2.83. The third-order valence-corrected chi connectivity index (χ3v) is 4.12. The van der Waals surface area contributed by atoms with Gasteiger partial charge in [0.05, 0.1) is 19.3 Å². The number of nitrogens with zero attached hydrogens (tertiary/aromatic N) is 1. The van der Waals surface area contributed by atoms with E-state index < -0.39 is 12.1 Å². The number of aliphatic hydroxyl groups is 2. The summed E-state index contributed by atoms with van der Waals surface area (Å²) in [7, 11) is 1.34. The molecule has 0 spiro atoms. The molecule has 0 radical (unpaired) electrons. The van der Waals surface area contributed by atoms with Crippen molar-refractivity contribution in [1.82, 2.24) is 4.90 Å². The van der Waals surface area contributed by atoms with Crippen molar-refractivity contribution in [2.24, 2.45) is 0 Å². The van der Waals surface area contributed by atoms with E-state index in [9.17, 15) is 15.0 Å². The monoisotopic (exact) mass is 323 g/mol. The van der Waals surface area contributed by atoms with Crippen LogP contribution in [0.4, 0.5) is 0 Å². The number of likely N-dealkylation sites (tertiary alicyclic amines) is 1. The Morgan fingerprint density at radius 3 is 2.74 bits per heavy atom. The fourth-order valence-corrected chi connectivity index (χ4v) is 2.83. The van der Waals surface area contributed by atoms with Gasteiger partial charge >= 0.3 is 5.97 Å². The lowest BCUT2D eigenvalue weighted by atomic mass is 10.0. The number of ether oxygens (including phenoxy) is 2. The number of rotatable bonds is 7. The van der Waals surface area contributed by atoms with Crippen molar-refractivity contribution in [1.29, 1.82) is 0 Å². The summed E-state index contributed by atoms with van der Waals surface area (Å²) < 4.78 is 10.2. The molecule has 1 heterocycles. The molecule has 0 saturated carbocycles. The zero-order chi connectivity index (χ0) is 16.7. The molecule has 6 nitrogen and oxygen atoms in total. The van der Waals surface area contributed by atoms with Crippen LogP contribution < -0.4 is 4.74 Å². The Bertz CT molecular complexity index is 490. The molecule has 1 fully saturated rings. The number of hydrogen-bond acceptors (Lipinski definition) is 6. The van der Waals surface area contributed by atoms with Gasteiger partial charge in [0, 0.05) is 12.6 Å². The van der Waals surface area contributed by atoms with Gasteiger partial charge in [-0.05, 0) is 43.7 Å². The average molecular weight is 323 g/mol. The summed E-state index contributed by atoms with van der Waals surface area (Å²) in [5.74, 6) is 0.200. The van der Waals surface area contributed by atoms with Gasteiger partial charge in [0.1, 0.15) is 18.5 Å². The Morgan fingerprint density at radius 1 is 1.35 bits per heavy atom. The third-order valence-electron chi connectivity index (χ3n) is 4.12. The number of benzene rings is 1. The van der Waals surface area contributed by atoms with E-state index in [-0.39, 0.29) is 19.3 Å². The normalized spacial score (nSPS) is 20.0. The van der Waals surface area contributed by atoms with Gasteiger partial charge in [-0.3, -0.25) is 4.90 Å². The molecule has 23 heavy (non-hydrogen) atoms.